The van der Waals surface area contributed by atoms with E-state index in [0.717, 1.165) is 64.0 Å². The molecule has 0 unspecified atom stereocenters. The minimum atomic E-state index is -2.21. The summed E-state index contributed by atoms with van der Waals surface area (Å²) in [6.07, 6.45) is 4.18. The minimum absolute atomic E-state index is 0.0145. The first-order chi connectivity index (χ1) is 19.5. The van der Waals surface area contributed by atoms with E-state index in [2.05, 4.69) is 80.6 Å². The largest absolute Gasteiger partial charge is 0.410 e. The molecule has 1 aromatic heterocycles. The smallest absolute Gasteiger partial charge is 0.192 e. The molecule has 1 aliphatic rings. The van der Waals surface area contributed by atoms with Gasteiger partial charge in [0, 0.05) is 22.7 Å². The van der Waals surface area contributed by atoms with Crippen LogP contribution in [0.5, 0.6) is 0 Å². The molecule has 0 radical (unpaired) electrons. The molecule has 1 N–H and O–H groups in total. The van der Waals surface area contributed by atoms with Gasteiger partial charge in [0.2, 0.25) is 0 Å². The predicted molar refractivity (Wildman–Crippen MR) is 176 cm³/mol. The van der Waals surface area contributed by atoms with Crippen LogP contribution in [0.3, 0.4) is 0 Å². The van der Waals surface area contributed by atoms with Crippen LogP contribution in [-0.2, 0) is 4.43 Å². The number of rotatable bonds is 8. The van der Waals surface area contributed by atoms with Crippen molar-refractivity contribution >= 4 is 8.32 Å². The van der Waals surface area contributed by atoms with Gasteiger partial charge in [-0.05, 0) is 85.5 Å². The molecule has 1 saturated carbocycles. The van der Waals surface area contributed by atoms with Crippen LogP contribution in [0.4, 0.5) is 4.39 Å². The zero-order valence-corrected chi connectivity index (χ0v) is 28.6. The quantitative estimate of drug-likeness (QED) is 0.266. The van der Waals surface area contributed by atoms with Crippen LogP contribution in [0.2, 0.25) is 18.1 Å². The monoisotopic (exact) mass is 589 g/mol. The van der Waals surface area contributed by atoms with Crippen molar-refractivity contribution in [1.82, 2.24) is 4.98 Å². The van der Waals surface area contributed by atoms with E-state index < -0.39 is 14.4 Å². The van der Waals surface area contributed by atoms with Crippen molar-refractivity contribution < 1.29 is 13.9 Å². The van der Waals surface area contributed by atoms with Crippen LogP contribution < -0.4 is 0 Å². The Morgan fingerprint density at radius 1 is 0.905 bits per heavy atom. The van der Waals surface area contributed by atoms with Gasteiger partial charge in [-0.25, -0.2) is 4.39 Å². The Morgan fingerprint density at radius 2 is 1.48 bits per heavy atom. The molecule has 0 aliphatic heterocycles. The summed E-state index contributed by atoms with van der Waals surface area (Å²) in [6, 6.07) is 14.9. The second-order valence-electron chi connectivity index (χ2n) is 15.2. The lowest BCUT2D eigenvalue weighted by Crippen LogP contribution is -2.42. The SMILES string of the molecule is Cc1ccc([C@@H](O)c2c(C3CCCC3)nc(C)c([C@H](CC(C)(C)C)O[Si](C)(C)C(C)(C)C)c2-c2ccc(F)cc2)cc1. The number of aliphatic hydroxyl groups excluding tert-OH is 1. The van der Waals surface area contributed by atoms with Crippen molar-refractivity contribution in [1.29, 1.82) is 0 Å². The molecule has 3 aromatic rings. The van der Waals surface area contributed by atoms with Crippen molar-refractivity contribution in [3.8, 4) is 11.1 Å². The van der Waals surface area contributed by atoms with Gasteiger partial charge in [-0.2, -0.15) is 0 Å². The molecule has 4 rings (SSSR count). The van der Waals surface area contributed by atoms with Gasteiger partial charge in [0.1, 0.15) is 11.9 Å². The highest BCUT2D eigenvalue weighted by atomic mass is 28.4. The average molecular weight is 590 g/mol. The van der Waals surface area contributed by atoms with E-state index in [0.29, 0.717) is 0 Å². The van der Waals surface area contributed by atoms with Crippen molar-refractivity contribution in [2.45, 2.75) is 124 Å². The summed E-state index contributed by atoms with van der Waals surface area (Å²) in [5, 5.41) is 12.3. The summed E-state index contributed by atoms with van der Waals surface area (Å²) >= 11 is 0. The van der Waals surface area contributed by atoms with E-state index in [9.17, 15) is 9.50 Å². The number of hydrogen-bond donors (Lipinski definition) is 1. The minimum Gasteiger partial charge on any atom is -0.410 e. The highest BCUT2D eigenvalue weighted by Crippen LogP contribution is 2.49. The van der Waals surface area contributed by atoms with Gasteiger partial charge in [0.05, 0.1) is 11.8 Å². The molecule has 1 aliphatic carbocycles. The van der Waals surface area contributed by atoms with Crippen molar-refractivity contribution in [3.05, 3.63) is 88.0 Å². The van der Waals surface area contributed by atoms with Crippen LogP contribution >= 0.6 is 0 Å². The molecular formula is C37H52FNO2Si. The maximum atomic E-state index is 14.3. The zero-order chi connectivity index (χ0) is 31.0. The third-order valence-corrected chi connectivity index (χ3v) is 13.9. The highest BCUT2D eigenvalue weighted by molar-refractivity contribution is 6.74. The Bertz CT molecular complexity index is 1360. The van der Waals surface area contributed by atoms with Gasteiger partial charge in [-0.1, -0.05) is 96.3 Å². The fourth-order valence-corrected chi connectivity index (χ4v) is 7.34. The van der Waals surface area contributed by atoms with Crippen LogP contribution in [0.1, 0.15) is 125 Å². The first-order valence-electron chi connectivity index (χ1n) is 15.7. The number of hydrogen-bond acceptors (Lipinski definition) is 3. The number of halogens is 1. The topological polar surface area (TPSA) is 42.4 Å². The summed E-state index contributed by atoms with van der Waals surface area (Å²) in [7, 11) is -2.21. The number of aryl methyl sites for hydroxylation is 2. The second-order valence-corrected chi connectivity index (χ2v) is 20.0. The molecule has 1 fully saturated rings. The standard InChI is InChI=1S/C37H52FNO2Si/c1-24-15-17-28(18-16-24)35(40)33-32(26-19-21-29(38)22-20-26)31(25(2)39-34(33)27-13-11-12-14-27)30(23-36(3,4)5)41-42(9,10)37(6,7)8/h15-22,27,30,35,40H,11-14,23H2,1-10H3/t30-,35+/m0/s1. The summed E-state index contributed by atoms with van der Waals surface area (Å²) in [4.78, 5) is 5.37. The van der Waals surface area contributed by atoms with Gasteiger partial charge in [0.15, 0.2) is 8.32 Å². The maximum absolute atomic E-state index is 14.3. The average Bonchev–Trinajstić information content (AvgIpc) is 3.41. The molecule has 0 saturated heterocycles. The molecule has 42 heavy (non-hydrogen) atoms. The number of aliphatic hydroxyl groups is 1. The lowest BCUT2D eigenvalue weighted by Gasteiger charge is -2.42. The van der Waals surface area contributed by atoms with E-state index in [1.54, 1.807) is 0 Å². The van der Waals surface area contributed by atoms with E-state index in [-0.39, 0.29) is 28.3 Å². The Morgan fingerprint density at radius 3 is 2.00 bits per heavy atom. The first kappa shape index (κ1) is 32.6. The van der Waals surface area contributed by atoms with E-state index in [4.69, 9.17) is 9.41 Å². The first-order valence-corrected chi connectivity index (χ1v) is 18.6. The summed E-state index contributed by atoms with van der Waals surface area (Å²) in [5.41, 5.74) is 7.67. The number of nitrogens with zero attached hydrogens (tertiary/aromatic N) is 1. The molecule has 5 heteroatoms. The summed E-state index contributed by atoms with van der Waals surface area (Å²) < 4.78 is 21.6. The summed E-state index contributed by atoms with van der Waals surface area (Å²) in [6.45, 7) is 22.4. The van der Waals surface area contributed by atoms with E-state index in [1.807, 2.05) is 24.3 Å². The molecule has 228 valence electrons. The normalized spacial score (nSPS) is 16.6. The zero-order valence-electron chi connectivity index (χ0n) is 27.6. The molecule has 0 spiro atoms. The number of pyridine rings is 1. The third kappa shape index (κ3) is 7.23. The molecule has 2 aromatic carbocycles. The Labute approximate surface area is 255 Å². The molecule has 1 heterocycles. The molecule has 3 nitrogen and oxygen atoms in total. The second kappa shape index (κ2) is 12.3. The van der Waals surface area contributed by atoms with Gasteiger partial charge < -0.3 is 9.53 Å². The molecule has 0 amide bonds. The van der Waals surface area contributed by atoms with Gasteiger partial charge >= 0.3 is 0 Å². The lowest BCUT2D eigenvalue weighted by molar-refractivity contribution is 0.129. The predicted octanol–water partition coefficient (Wildman–Crippen LogP) is 10.7. The number of aromatic nitrogens is 1. The Kier molecular flexibility index (Phi) is 9.57. The van der Waals surface area contributed by atoms with Crippen LogP contribution in [0.25, 0.3) is 11.1 Å². The van der Waals surface area contributed by atoms with Gasteiger partial charge in [0.25, 0.3) is 0 Å². The van der Waals surface area contributed by atoms with Crippen LogP contribution in [0, 0.1) is 25.1 Å². The Balaban J connectivity index is 2.09. The van der Waals surface area contributed by atoms with Crippen molar-refractivity contribution in [2.24, 2.45) is 5.41 Å². The fraction of sp³-hybridized carbons (Fsp3) is 0.541. The summed E-state index contributed by atoms with van der Waals surface area (Å²) in [5.74, 6) is 0.0147. The lowest BCUT2D eigenvalue weighted by atomic mass is 9.79. The maximum Gasteiger partial charge on any atom is 0.192 e. The fourth-order valence-electron chi connectivity index (χ4n) is 6.07. The highest BCUT2D eigenvalue weighted by Gasteiger charge is 2.42. The third-order valence-electron chi connectivity index (χ3n) is 9.40. The van der Waals surface area contributed by atoms with Gasteiger partial charge in [-0.15, -0.1) is 0 Å². The van der Waals surface area contributed by atoms with E-state index in [1.165, 1.54) is 25.0 Å². The van der Waals surface area contributed by atoms with Crippen LogP contribution in [-0.4, -0.2) is 18.4 Å². The van der Waals surface area contributed by atoms with Crippen LogP contribution in [0.15, 0.2) is 48.5 Å². The molecular weight excluding hydrogens is 537 g/mol. The van der Waals surface area contributed by atoms with E-state index >= 15 is 0 Å². The Hall–Kier alpha value is -2.34. The van der Waals surface area contributed by atoms with Crippen molar-refractivity contribution in [2.75, 3.05) is 0 Å². The van der Waals surface area contributed by atoms with Gasteiger partial charge in [-0.3, -0.25) is 4.98 Å². The number of benzene rings is 2. The molecule has 2 atom stereocenters. The molecule has 0 bridgehead atoms. The van der Waals surface area contributed by atoms with Crippen molar-refractivity contribution in [3.63, 3.8) is 0 Å².